The van der Waals surface area contributed by atoms with Gasteiger partial charge in [0.1, 0.15) is 6.04 Å². The van der Waals surface area contributed by atoms with E-state index in [1.54, 1.807) is 24.3 Å². The SMILES string of the molecule is O=C(Nc1cccc(Cl)c1)NC1CC2C(=O)Nc3ccccc3N2C1. The number of rotatable bonds is 2. The second kappa shape index (κ2) is 6.29. The van der Waals surface area contributed by atoms with Crippen LogP contribution in [-0.2, 0) is 4.79 Å². The number of carbonyl (C=O) groups is 2. The highest BCUT2D eigenvalue weighted by atomic mass is 35.5. The third-order valence-corrected chi connectivity index (χ3v) is 4.73. The molecule has 1 fully saturated rings. The van der Waals surface area contributed by atoms with Crippen LogP contribution in [0.25, 0.3) is 0 Å². The second-order valence-electron chi connectivity index (χ2n) is 6.22. The fraction of sp³-hybridized carbons (Fsp3) is 0.222. The van der Waals surface area contributed by atoms with E-state index in [0.29, 0.717) is 23.7 Å². The minimum absolute atomic E-state index is 0.0294. The molecule has 2 aromatic carbocycles. The highest BCUT2D eigenvalue weighted by molar-refractivity contribution is 6.30. The van der Waals surface area contributed by atoms with E-state index in [1.165, 1.54) is 0 Å². The number of nitrogens with zero attached hydrogens (tertiary/aromatic N) is 1. The van der Waals surface area contributed by atoms with Crippen molar-refractivity contribution in [2.45, 2.75) is 18.5 Å². The maximum Gasteiger partial charge on any atom is 0.319 e. The zero-order chi connectivity index (χ0) is 17.4. The lowest BCUT2D eigenvalue weighted by atomic mass is 10.1. The number of benzene rings is 2. The summed E-state index contributed by atoms with van der Waals surface area (Å²) in [5, 5.41) is 9.19. The van der Waals surface area contributed by atoms with Crippen molar-refractivity contribution in [3.8, 4) is 0 Å². The molecule has 1 saturated heterocycles. The van der Waals surface area contributed by atoms with Gasteiger partial charge in [-0.2, -0.15) is 0 Å². The largest absolute Gasteiger partial charge is 0.356 e. The van der Waals surface area contributed by atoms with Crippen LogP contribution >= 0.6 is 11.6 Å². The first-order valence-corrected chi connectivity index (χ1v) is 8.47. The first-order chi connectivity index (χ1) is 12.1. The normalized spacial score (nSPS) is 21.2. The predicted molar refractivity (Wildman–Crippen MR) is 98.2 cm³/mol. The summed E-state index contributed by atoms with van der Waals surface area (Å²) in [4.78, 5) is 26.6. The Morgan fingerprint density at radius 2 is 2.04 bits per heavy atom. The quantitative estimate of drug-likeness (QED) is 0.774. The smallest absolute Gasteiger partial charge is 0.319 e. The fourth-order valence-electron chi connectivity index (χ4n) is 3.42. The summed E-state index contributed by atoms with van der Waals surface area (Å²) in [7, 11) is 0. The third kappa shape index (κ3) is 3.13. The maximum atomic E-state index is 12.3. The van der Waals surface area contributed by atoms with Gasteiger partial charge in [-0.1, -0.05) is 29.8 Å². The average molecular weight is 357 g/mol. The summed E-state index contributed by atoms with van der Waals surface area (Å²) in [5.74, 6) is -0.0294. The summed E-state index contributed by atoms with van der Waals surface area (Å²) in [6, 6.07) is 14.0. The zero-order valence-corrected chi connectivity index (χ0v) is 14.1. The molecular formula is C18H17ClN4O2. The Balaban J connectivity index is 1.44. The number of halogens is 1. The molecule has 0 spiro atoms. The molecule has 2 aromatic rings. The molecule has 0 aromatic heterocycles. The van der Waals surface area contributed by atoms with Crippen LogP contribution in [0.2, 0.25) is 5.02 Å². The van der Waals surface area contributed by atoms with Gasteiger partial charge in [-0.05, 0) is 36.8 Å². The number of fused-ring (bicyclic) bond motifs is 3. The molecule has 2 atom stereocenters. The summed E-state index contributed by atoms with van der Waals surface area (Å²) in [6.07, 6.45) is 0.573. The lowest BCUT2D eigenvalue weighted by Crippen LogP contribution is -2.44. The van der Waals surface area contributed by atoms with E-state index < -0.39 is 0 Å². The van der Waals surface area contributed by atoms with Crippen LogP contribution in [0.4, 0.5) is 21.9 Å². The maximum absolute atomic E-state index is 12.3. The van der Waals surface area contributed by atoms with E-state index in [-0.39, 0.29) is 24.0 Å². The monoisotopic (exact) mass is 356 g/mol. The van der Waals surface area contributed by atoms with Crippen molar-refractivity contribution in [3.05, 3.63) is 53.6 Å². The summed E-state index contributed by atoms with van der Waals surface area (Å²) in [5.41, 5.74) is 2.43. The van der Waals surface area contributed by atoms with E-state index in [0.717, 1.165) is 11.4 Å². The zero-order valence-electron chi connectivity index (χ0n) is 13.3. The van der Waals surface area contributed by atoms with Crippen LogP contribution in [0.5, 0.6) is 0 Å². The lowest BCUT2D eigenvalue weighted by molar-refractivity contribution is -0.117. The molecule has 4 rings (SSSR count). The van der Waals surface area contributed by atoms with Crippen molar-refractivity contribution >= 4 is 40.6 Å². The molecule has 3 amide bonds. The lowest BCUT2D eigenvalue weighted by Gasteiger charge is -2.32. The van der Waals surface area contributed by atoms with E-state index in [9.17, 15) is 9.59 Å². The van der Waals surface area contributed by atoms with Crippen LogP contribution in [-0.4, -0.2) is 30.6 Å². The van der Waals surface area contributed by atoms with Crippen LogP contribution in [0.15, 0.2) is 48.5 Å². The molecule has 0 bridgehead atoms. The molecule has 2 aliphatic heterocycles. The Kier molecular flexibility index (Phi) is 3.97. The van der Waals surface area contributed by atoms with E-state index >= 15 is 0 Å². The van der Waals surface area contributed by atoms with Crippen molar-refractivity contribution in [1.82, 2.24) is 5.32 Å². The van der Waals surface area contributed by atoms with Crippen molar-refractivity contribution in [3.63, 3.8) is 0 Å². The number of amides is 3. The Morgan fingerprint density at radius 3 is 2.88 bits per heavy atom. The highest BCUT2D eigenvalue weighted by Crippen LogP contribution is 2.36. The molecule has 7 heteroatoms. The molecule has 0 radical (unpaired) electrons. The topological polar surface area (TPSA) is 73.5 Å². The second-order valence-corrected chi connectivity index (χ2v) is 6.65. The van der Waals surface area contributed by atoms with Gasteiger partial charge in [0.15, 0.2) is 0 Å². The van der Waals surface area contributed by atoms with Crippen molar-refractivity contribution in [2.24, 2.45) is 0 Å². The molecule has 25 heavy (non-hydrogen) atoms. The third-order valence-electron chi connectivity index (χ3n) is 4.49. The highest BCUT2D eigenvalue weighted by Gasteiger charge is 2.41. The van der Waals surface area contributed by atoms with Gasteiger partial charge in [0.2, 0.25) is 5.91 Å². The molecular weight excluding hydrogens is 340 g/mol. The van der Waals surface area contributed by atoms with Crippen LogP contribution in [0, 0.1) is 0 Å². The van der Waals surface area contributed by atoms with E-state index in [4.69, 9.17) is 11.6 Å². The van der Waals surface area contributed by atoms with Gasteiger partial charge in [0.05, 0.1) is 17.4 Å². The Bertz CT molecular complexity index is 841. The molecule has 2 heterocycles. The van der Waals surface area contributed by atoms with Gasteiger partial charge in [-0.3, -0.25) is 4.79 Å². The van der Waals surface area contributed by atoms with Gasteiger partial charge in [0.25, 0.3) is 0 Å². The summed E-state index contributed by atoms with van der Waals surface area (Å²) >= 11 is 5.92. The number of hydrogen-bond acceptors (Lipinski definition) is 3. The minimum atomic E-state index is -0.305. The van der Waals surface area contributed by atoms with Gasteiger partial charge >= 0.3 is 6.03 Å². The van der Waals surface area contributed by atoms with Crippen LogP contribution in [0.3, 0.4) is 0 Å². The Morgan fingerprint density at radius 1 is 1.20 bits per heavy atom. The van der Waals surface area contributed by atoms with Gasteiger partial charge < -0.3 is 20.9 Å². The van der Waals surface area contributed by atoms with Crippen molar-refractivity contribution < 1.29 is 9.59 Å². The predicted octanol–water partition coefficient (Wildman–Crippen LogP) is 3.06. The van der Waals surface area contributed by atoms with Crippen LogP contribution in [0.1, 0.15) is 6.42 Å². The number of hydrogen-bond donors (Lipinski definition) is 3. The molecule has 0 aliphatic carbocycles. The van der Waals surface area contributed by atoms with Gasteiger partial charge in [-0.15, -0.1) is 0 Å². The standard InChI is InChI=1S/C18H17ClN4O2/c19-11-4-3-5-12(8-11)20-18(25)21-13-9-16-17(24)22-14-6-1-2-7-15(14)23(16)10-13/h1-8,13,16H,9-10H2,(H,22,24)(H2,20,21,25). The molecule has 6 nitrogen and oxygen atoms in total. The number of urea groups is 1. The van der Waals surface area contributed by atoms with Gasteiger partial charge in [0, 0.05) is 17.3 Å². The Hall–Kier alpha value is -2.73. The average Bonchev–Trinajstić information content (AvgIpc) is 2.99. The Labute approximate surface area is 150 Å². The fourth-order valence-corrected chi connectivity index (χ4v) is 3.61. The van der Waals surface area contributed by atoms with Gasteiger partial charge in [-0.25, -0.2) is 4.79 Å². The van der Waals surface area contributed by atoms with E-state index in [1.807, 2.05) is 24.3 Å². The number of nitrogens with one attached hydrogen (secondary N) is 3. The first-order valence-electron chi connectivity index (χ1n) is 8.10. The first kappa shape index (κ1) is 15.8. The molecule has 128 valence electrons. The molecule has 2 unspecified atom stereocenters. The van der Waals surface area contributed by atoms with Crippen LogP contribution < -0.4 is 20.9 Å². The van der Waals surface area contributed by atoms with Crippen molar-refractivity contribution in [1.29, 1.82) is 0 Å². The summed E-state index contributed by atoms with van der Waals surface area (Å²) in [6.45, 7) is 0.595. The summed E-state index contributed by atoms with van der Waals surface area (Å²) < 4.78 is 0. The van der Waals surface area contributed by atoms with E-state index in [2.05, 4.69) is 20.9 Å². The molecule has 3 N–H and O–H groups in total. The minimum Gasteiger partial charge on any atom is -0.356 e. The number of para-hydroxylation sites is 2. The number of anilines is 3. The molecule has 0 saturated carbocycles. The van der Waals surface area contributed by atoms with Crippen molar-refractivity contribution in [2.75, 3.05) is 22.1 Å². The number of carbonyl (C=O) groups excluding carboxylic acids is 2. The molecule has 2 aliphatic rings.